The number of nitrogens with two attached hydrogens (primary N) is 3. The summed E-state index contributed by atoms with van der Waals surface area (Å²) in [5, 5.41) is 14.4. The Bertz CT molecular complexity index is 1740. The first-order valence-electron chi connectivity index (χ1n) is 14.8. The van der Waals surface area contributed by atoms with Crippen LogP contribution in [0.1, 0.15) is 17.5 Å². The van der Waals surface area contributed by atoms with Crippen molar-refractivity contribution in [1.29, 1.82) is 0 Å². The zero-order valence-electron chi connectivity index (χ0n) is 25.0. The fourth-order valence-electron chi connectivity index (χ4n) is 5.54. The van der Waals surface area contributed by atoms with E-state index in [9.17, 15) is 13.5 Å². The molecule has 2 aliphatic heterocycles. The lowest BCUT2D eigenvalue weighted by Crippen LogP contribution is -2.56. The first kappa shape index (κ1) is 30.5. The number of aromatic nitrogens is 3. The van der Waals surface area contributed by atoms with Crippen LogP contribution in [0.25, 0.3) is 0 Å². The molecule has 6 rings (SSSR count). The zero-order valence-corrected chi connectivity index (χ0v) is 25.8. The van der Waals surface area contributed by atoms with Gasteiger partial charge < -0.3 is 37.4 Å². The predicted molar refractivity (Wildman–Crippen MR) is 175 cm³/mol. The molecule has 2 aliphatic rings. The van der Waals surface area contributed by atoms with E-state index in [4.69, 9.17) is 17.2 Å². The van der Waals surface area contributed by atoms with Gasteiger partial charge in [0.05, 0.1) is 17.1 Å². The van der Waals surface area contributed by atoms with Crippen molar-refractivity contribution in [3.8, 4) is 5.75 Å². The molecule has 0 spiro atoms. The molecule has 8 N–H and O–H groups in total. The maximum absolute atomic E-state index is 13.9. The maximum atomic E-state index is 13.9. The van der Waals surface area contributed by atoms with Crippen LogP contribution in [0.3, 0.4) is 0 Å². The summed E-state index contributed by atoms with van der Waals surface area (Å²) in [5.41, 5.74) is 20.8. The lowest BCUT2D eigenvalue weighted by Gasteiger charge is -2.38. The van der Waals surface area contributed by atoms with Crippen molar-refractivity contribution in [3.05, 3.63) is 83.9 Å². The number of rotatable bonds is 9. The molecular weight excluding hydrogens is 592 g/mol. The quantitative estimate of drug-likeness (QED) is 0.181. The monoisotopic (exact) mass is 630 g/mol. The van der Waals surface area contributed by atoms with Crippen LogP contribution in [0.2, 0.25) is 0 Å². The van der Waals surface area contributed by atoms with Gasteiger partial charge in [0.15, 0.2) is 0 Å². The van der Waals surface area contributed by atoms with Crippen molar-refractivity contribution < 1.29 is 13.5 Å². The summed E-state index contributed by atoms with van der Waals surface area (Å²) in [5.74, 6) is 0.926. The summed E-state index contributed by atoms with van der Waals surface area (Å²) < 4.78 is 29.0. The van der Waals surface area contributed by atoms with Crippen LogP contribution >= 0.6 is 0 Å². The van der Waals surface area contributed by atoms with Gasteiger partial charge in [-0.15, -0.1) is 0 Å². The minimum Gasteiger partial charge on any atom is -0.506 e. The van der Waals surface area contributed by atoms with Gasteiger partial charge in [-0.25, -0.2) is 8.42 Å². The number of hydrogen-bond acceptors (Lipinski definition) is 12. The topological polar surface area (TPSA) is 193 Å². The van der Waals surface area contributed by atoms with E-state index in [1.807, 2.05) is 47.1 Å². The van der Waals surface area contributed by atoms with E-state index in [2.05, 4.69) is 20.3 Å². The molecular formula is C31H38N10O3S. The van der Waals surface area contributed by atoms with Crippen molar-refractivity contribution in [2.75, 3.05) is 45.6 Å². The van der Waals surface area contributed by atoms with E-state index in [1.54, 1.807) is 36.4 Å². The first-order valence-corrected chi connectivity index (χ1v) is 16.3. The molecule has 0 unspecified atom stereocenters. The molecule has 14 heteroatoms. The highest BCUT2D eigenvalue weighted by molar-refractivity contribution is 7.92. The number of hydrogen-bond donors (Lipinski definition) is 5. The average Bonchev–Trinajstić information content (AvgIpc) is 2.99. The minimum absolute atomic E-state index is 0.0235. The number of benzene rings is 3. The SMILES string of the molecule is Cc1ccc(S(=O)(=O)N(Cc2ccccc2)c2ccc(Nc3nc(N4CC(N)C4)nc(N4C[C@H](N)C[C@H](N)C4)n3)cc2O)cc1. The van der Waals surface area contributed by atoms with Gasteiger partial charge in [0.1, 0.15) is 5.75 Å². The Balaban J connectivity index is 1.32. The zero-order chi connectivity index (χ0) is 31.7. The lowest BCUT2D eigenvalue weighted by molar-refractivity contribution is 0.446. The number of nitrogens with one attached hydrogen (secondary N) is 1. The van der Waals surface area contributed by atoms with Crippen LogP contribution in [-0.2, 0) is 16.6 Å². The molecule has 1 aromatic heterocycles. The summed E-state index contributed by atoms with van der Waals surface area (Å²) in [7, 11) is -4.03. The highest BCUT2D eigenvalue weighted by Crippen LogP contribution is 2.36. The van der Waals surface area contributed by atoms with E-state index in [-0.39, 0.29) is 47.0 Å². The Morgan fingerprint density at radius 3 is 2.02 bits per heavy atom. The van der Waals surface area contributed by atoms with Gasteiger partial charge in [-0.1, -0.05) is 48.0 Å². The van der Waals surface area contributed by atoms with E-state index < -0.39 is 10.0 Å². The third-order valence-corrected chi connectivity index (χ3v) is 9.65. The molecule has 3 aromatic carbocycles. The van der Waals surface area contributed by atoms with Crippen LogP contribution in [0.4, 0.5) is 29.2 Å². The summed E-state index contributed by atoms with van der Waals surface area (Å²) >= 11 is 0. The average molecular weight is 631 g/mol. The highest BCUT2D eigenvalue weighted by atomic mass is 32.2. The van der Waals surface area contributed by atoms with Crippen LogP contribution in [0.15, 0.2) is 77.7 Å². The van der Waals surface area contributed by atoms with Gasteiger partial charge in [-0.3, -0.25) is 4.31 Å². The van der Waals surface area contributed by atoms with Crippen molar-refractivity contribution in [1.82, 2.24) is 15.0 Å². The second kappa shape index (κ2) is 12.5. The normalized spacial score (nSPS) is 18.8. The van der Waals surface area contributed by atoms with Gasteiger partial charge in [0.25, 0.3) is 10.0 Å². The molecule has 3 heterocycles. The Morgan fingerprint density at radius 2 is 1.44 bits per heavy atom. The molecule has 0 radical (unpaired) electrons. The van der Waals surface area contributed by atoms with Gasteiger partial charge in [0, 0.05) is 56.1 Å². The number of aromatic hydroxyl groups is 1. The second-order valence-corrected chi connectivity index (χ2v) is 13.6. The molecule has 45 heavy (non-hydrogen) atoms. The smallest absolute Gasteiger partial charge is 0.264 e. The van der Waals surface area contributed by atoms with Crippen molar-refractivity contribution in [2.24, 2.45) is 17.2 Å². The van der Waals surface area contributed by atoms with Crippen molar-refractivity contribution in [2.45, 2.75) is 42.9 Å². The summed E-state index contributed by atoms with van der Waals surface area (Å²) in [4.78, 5) is 18.0. The molecule has 0 bridgehead atoms. The van der Waals surface area contributed by atoms with Gasteiger partial charge in [-0.05, 0) is 43.2 Å². The Hall–Kier alpha value is -4.50. The third-order valence-electron chi connectivity index (χ3n) is 7.88. The fraction of sp³-hybridized carbons (Fsp3) is 0.323. The third kappa shape index (κ3) is 6.78. The molecule has 0 saturated carbocycles. The van der Waals surface area contributed by atoms with Crippen LogP contribution in [-0.4, -0.2) is 72.8 Å². The summed E-state index contributed by atoms with van der Waals surface area (Å²) in [6, 6.07) is 20.4. The van der Waals surface area contributed by atoms with E-state index in [1.165, 1.54) is 10.4 Å². The van der Waals surface area contributed by atoms with E-state index in [0.29, 0.717) is 50.2 Å². The molecule has 2 saturated heterocycles. The molecule has 236 valence electrons. The van der Waals surface area contributed by atoms with Gasteiger partial charge in [0.2, 0.25) is 17.8 Å². The number of piperidine rings is 1. The highest BCUT2D eigenvalue weighted by Gasteiger charge is 2.30. The molecule has 0 aliphatic carbocycles. The van der Waals surface area contributed by atoms with Crippen molar-refractivity contribution in [3.63, 3.8) is 0 Å². The number of sulfonamides is 1. The molecule has 13 nitrogen and oxygen atoms in total. The van der Waals surface area contributed by atoms with E-state index in [0.717, 1.165) is 11.1 Å². The largest absolute Gasteiger partial charge is 0.506 e. The lowest BCUT2D eigenvalue weighted by atomic mass is 10.0. The minimum atomic E-state index is -4.03. The number of phenols is 1. The Kier molecular flexibility index (Phi) is 8.46. The van der Waals surface area contributed by atoms with Gasteiger partial charge >= 0.3 is 0 Å². The number of phenolic OH excluding ortho intramolecular Hbond substituents is 1. The predicted octanol–water partition coefficient (Wildman–Crippen LogP) is 2.04. The Labute approximate surface area is 262 Å². The fourth-order valence-corrected chi connectivity index (χ4v) is 7.00. The maximum Gasteiger partial charge on any atom is 0.264 e. The number of nitrogens with zero attached hydrogens (tertiary/aromatic N) is 6. The van der Waals surface area contributed by atoms with E-state index >= 15 is 0 Å². The molecule has 0 amide bonds. The van der Waals surface area contributed by atoms with Crippen molar-refractivity contribution >= 4 is 39.2 Å². The molecule has 4 aromatic rings. The second-order valence-electron chi connectivity index (χ2n) is 11.7. The van der Waals surface area contributed by atoms with Crippen LogP contribution in [0, 0.1) is 6.92 Å². The van der Waals surface area contributed by atoms with Crippen LogP contribution < -0.4 is 36.6 Å². The van der Waals surface area contributed by atoms with Crippen LogP contribution in [0.5, 0.6) is 5.75 Å². The number of aryl methyl sites for hydroxylation is 1. The summed E-state index contributed by atoms with van der Waals surface area (Å²) in [6.45, 7) is 4.25. The first-order chi connectivity index (χ1) is 21.5. The summed E-state index contributed by atoms with van der Waals surface area (Å²) in [6.07, 6.45) is 0.715. The Morgan fingerprint density at radius 1 is 0.844 bits per heavy atom. The standard InChI is InChI=1S/C31H38N10O3S/c1-20-7-10-26(11-8-20)45(43,44)41(15-21-5-3-2-4-6-21)27-12-9-25(14-28(27)42)35-29-36-30(39-16-22(32)13-23(33)17-39)38-31(37-29)40-18-24(34)19-40/h2-12,14,22-24,42H,13,15-19,32-34H2,1H3,(H,35,36,37,38)/t22-,23+. The number of anilines is 5. The molecule has 2 atom stereocenters. The van der Waals surface area contributed by atoms with Gasteiger partial charge in [-0.2, -0.15) is 15.0 Å². The molecule has 2 fully saturated rings.